The average molecular weight is 457 g/mol. The van der Waals surface area contributed by atoms with Gasteiger partial charge in [0, 0.05) is 58.9 Å². The van der Waals surface area contributed by atoms with Gasteiger partial charge in [-0.25, -0.2) is 19.2 Å². The lowest BCUT2D eigenvalue weighted by Gasteiger charge is -2.37. The molecule has 0 spiro atoms. The molecule has 2 aromatic rings. The fraction of sp³-hybridized carbons (Fsp3) is 0.409. The molecule has 0 bridgehead atoms. The van der Waals surface area contributed by atoms with Gasteiger partial charge in [-0.05, 0) is 30.2 Å². The highest BCUT2D eigenvalue weighted by Gasteiger charge is 2.36. The molecule has 174 valence electrons. The van der Waals surface area contributed by atoms with E-state index in [0.717, 1.165) is 17.7 Å². The number of nitrogens with zero attached hydrogens (tertiary/aromatic N) is 5. The summed E-state index contributed by atoms with van der Waals surface area (Å²) in [5.41, 5.74) is 2.95. The zero-order chi connectivity index (χ0) is 23.3. The normalized spacial score (nSPS) is 17.8. The second kappa shape index (κ2) is 8.14. The molecule has 1 aromatic carbocycles. The lowest BCUT2D eigenvalue weighted by atomic mass is 10.0. The zero-order valence-electron chi connectivity index (χ0n) is 18.5. The Balaban J connectivity index is 1.29. The monoisotopic (exact) mass is 457 g/mol. The highest BCUT2D eigenvalue weighted by Crippen LogP contribution is 2.42. The van der Waals surface area contributed by atoms with E-state index >= 15 is 4.39 Å². The number of carbonyl (C=O) groups is 2. The van der Waals surface area contributed by atoms with Crippen molar-refractivity contribution in [1.29, 1.82) is 0 Å². The van der Waals surface area contributed by atoms with E-state index in [1.54, 1.807) is 13.1 Å². The van der Waals surface area contributed by atoms with Crippen molar-refractivity contribution in [2.75, 3.05) is 62.0 Å². The number of hydrazine groups is 1. The number of benzene rings is 1. The number of rotatable bonds is 4. The maximum atomic E-state index is 15.3. The number of hydrogen-bond donors (Lipinski definition) is 2. The molecule has 33 heavy (non-hydrogen) atoms. The van der Waals surface area contributed by atoms with E-state index in [1.807, 2.05) is 16.0 Å². The lowest BCUT2D eigenvalue weighted by Crippen LogP contribution is -2.49. The van der Waals surface area contributed by atoms with Gasteiger partial charge in [0.25, 0.3) is 5.91 Å². The number of aromatic nitrogens is 1. The number of pyridine rings is 1. The van der Waals surface area contributed by atoms with Gasteiger partial charge in [0.2, 0.25) is 5.95 Å². The summed E-state index contributed by atoms with van der Waals surface area (Å²) < 4.78 is 29.8. The van der Waals surface area contributed by atoms with Crippen molar-refractivity contribution >= 4 is 29.0 Å². The minimum absolute atomic E-state index is 0.0327. The van der Waals surface area contributed by atoms with Gasteiger partial charge in [-0.2, -0.15) is 4.39 Å². The molecule has 3 aliphatic rings. The summed E-state index contributed by atoms with van der Waals surface area (Å²) in [6.45, 7) is 3.38. The highest BCUT2D eigenvalue weighted by atomic mass is 19.1. The second-order valence-corrected chi connectivity index (χ2v) is 8.41. The van der Waals surface area contributed by atoms with Crippen LogP contribution in [0.3, 0.4) is 0 Å². The van der Waals surface area contributed by atoms with Crippen LogP contribution < -0.4 is 20.5 Å². The average Bonchev–Trinajstić information content (AvgIpc) is 3.24. The first-order chi connectivity index (χ1) is 15.9. The minimum Gasteiger partial charge on any atom is -0.365 e. The molecule has 4 heterocycles. The third kappa shape index (κ3) is 3.62. The molecule has 1 saturated heterocycles. The lowest BCUT2D eigenvalue weighted by molar-refractivity contribution is 0.0957. The molecule has 2 N–H and O–H groups in total. The number of amides is 3. The summed E-state index contributed by atoms with van der Waals surface area (Å²) >= 11 is 0. The van der Waals surface area contributed by atoms with Gasteiger partial charge in [-0.3, -0.25) is 14.7 Å². The van der Waals surface area contributed by atoms with E-state index in [9.17, 15) is 14.0 Å². The summed E-state index contributed by atoms with van der Waals surface area (Å²) in [5.74, 6) is -1.52. The van der Waals surface area contributed by atoms with Gasteiger partial charge >= 0.3 is 6.03 Å². The SMILES string of the molecule is CNC(=O)c1ccc(N2CCN(Cc3cc4c5c(c3F)NC(=O)N(C)N5CC4)CC2)c(F)n1. The van der Waals surface area contributed by atoms with Crippen LogP contribution in [-0.2, 0) is 13.0 Å². The molecule has 0 atom stereocenters. The van der Waals surface area contributed by atoms with Crippen LogP contribution in [0.25, 0.3) is 0 Å². The maximum absolute atomic E-state index is 15.3. The molecule has 0 unspecified atom stereocenters. The van der Waals surface area contributed by atoms with Gasteiger partial charge in [0.15, 0.2) is 5.82 Å². The molecule has 5 rings (SSSR count). The molecule has 1 aromatic heterocycles. The van der Waals surface area contributed by atoms with Crippen molar-refractivity contribution in [1.82, 2.24) is 20.2 Å². The summed E-state index contributed by atoms with van der Waals surface area (Å²) in [4.78, 5) is 31.6. The van der Waals surface area contributed by atoms with Crippen LogP contribution in [0, 0.1) is 11.8 Å². The number of anilines is 3. The number of carbonyl (C=O) groups excluding carboxylic acids is 2. The van der Waals surface area contributed by atoms with Gasteiger partial charge in [-0.15, -0.1) is 0 Å². The molecule has 1 fully saturated rings. The van der Waals surface area contributed by atoms with Crippen molar-refractivity contribution < 1.29 is 18.4 Å². The van der Waals surface area contributed by atoms with Gasteiger partial charge in [-0.1, -0.05) is 0 Å². The molecule has 11 heteroatoms. The quantitative estimate of drug-likeness (QED) is 0.682. The van der Waals surface area contributed by atoms with E-state index in [1.165, 1.54) is 18.1 Å². The largest absolute Gasteiger partial charge is 0.365 e. The van der Waals surface area contributed by atoms with Crippen LogP contribution in [-0.4, -0.2) is 73.7 Å². The Labute approximate surface area is 189 Å². The van der Waals surface area contributed by atoms with E-state index in [4.69, 9.17) is 0 Å². The van der Waals surface area contributed by atoms with Crippen LogP contribution in [0.15, 0.2) is 18.2 Å². The van der Waals surface area contributed by atoms with Crippen molar-refractivity contribution in [3.63, 3.8) is 0 Å². The zero-order valence-corrected chi connectivity index (χ0v) is 18.5. The standard InChI is InChI=1S/C22H25F2N7O2/c1-25-21(32)15-3-4-16(20(24)26-15)30-9-7-29(8-10-30)12-14-11-13-5-6-31-19(13)18(17(14)23)27-22(33)28(31)2/h3-4,11H,5-10,12H2,1-2H3,(H,25,32)(H,27,33). The fourth-order valence-electron chi connectivity index (χ4n) is 4.72. The number of urea groups is 1. The second-order valence-electron chi connectivity index (χ2n) is 8.41. The Morgan fingerprint density at radius 2 is 1.94 bits per heavy atom. The number of halogens is 2. The smallest absolute Gasteiger partial charge is 0.340 e. The van der Waals surface area contributed by atoms with Crippen LogP contribution >= 0.6 is 0 Å². The number of piperazine rings is 1. The predicted octanol–water partition coefficient (Wildman–Crippen LogP) is 1.80. The molecule has 3 aliphatic heterocycles. The Kier molecular flexibility index (Phi) is 5.28. The van der Waals surface area contributed by atoms with Crippen LogP contribution in [0.1, 0.15) is 21.6 Å². The molecular weight excluding hydrogens is 432 g/mol. The molecule has 3 amide bonds. The van der Waals surface area contributed by atoms with E-state index < -0.39 is 17.7 Å². The van der Waals surface area contributed by atoms with E-state index in [0.29, 0.717) is 50.5 Å². The first-order valence-electron chi connectivity index (χ1n) is 10.9. The summed E-state index contributed by atoms with van der Waals surface area (Å²) in [7, 11) is 3.14. The minimum atomic E-state index is -0.682. The van der Waals surface area contributed by atoms with Gasteiger partial charge in [0.1, 0.15) is 11.4 Å². The van der Waals surface area contributed by atoms with E-state index in [2.05, 4.69) is 20.5 Å². The Bertz CT molecular complexity index is 1130. The summed E-state index contributed by atoms with van der Waals surface area (Å²) in [6.07, 6.45) is 0.751. The van der Waals surface area contributed by atoms with Crippen molar-refractivity contribution in [3.8, 4) is 0 Å². The van der Waals surface area contributed by atoms with Gasteiger partial charge < -0.3 is 15.5 Å². The van der Waals surface area contributed by atoms with Crippen LogP contribution in [0.2, 0.25) is 0 Å². The predicted molar refractivity (Wildman–Crippen MR) is 119 cm³/mol. The van der Waals surface area contributed by atoms with Crippen molar-refractivity contribution in [2.24, 2.45) is 0 Å². The Morgan fingerprint density at radius 1 is 1.18 bits per heavy atom. The number of hydrogen-bond acceptors (Lipinski definition) is 6. The Hall–Kier alpha value is -3.47. The molecule has 0 aliphatic carbocycles. The molecular formula is C22H25F2N7O2. The summed E-state index contributed by atoms with van der Waals surface area (Å²) in [5, 5.41) is 8.40. The maximum Gasteiger partial charge on any atom is 0.340 e. The van der Waals surface area contributed by atoms with Gasteiger partial charge in [0.05, 0.1) is 11.4 Å². The summed E-state index contributed by atoms with van der Waals surface area (Å²) in [6, 6.07) is 4.62. The van der Waals surface area contributed by atoms with Crippen LogP contribution in [0.5, 0.6) is 0 Å². The highest BCUT2D eigenvalue weighted by molar-refractivity contribution is 5.99. The molecule has 9 nitrogen and oxygen atoms in total. The Morgan fingerprint density at radius 3 is 2.64 bits per heavy atom. The van der Waals surface area contributed by atoms with E-state index in [-0.39, 0.29) is 17.4 Å². The van der Waals surface area contributed by atoms with Crippen LogP contribution in [0.4, 0.5) is 30.6 Å². The fourth-order valence-corrected chi connectivity index (χ4v) is 4.72. The third-order valence-electron chi connectivity index (χ3n) is 6.53. The topological polar surface area (TPSA) is 84.0 Å². The van der Waals surface area contributed by atoms with Crippen molar-refractivity contribution in [3.05, 3.63) is 46.8 Å². The number of nitrogens with one attached hydrogen (secondary N) is 2. The molecule has 0 saturated carbocycles. The first-order valence-corrected chi connectivity index (χ1v) is 10.9. The molecule has 0 radical (unpaired) electrons. The van der Waals surface area contributed by atoms with Crippen molar-refractivity contribution in [2.45, 2.75) is 13.0 Å². The third-order valence-corrected chi connectivity index (χ3v) is 6.53. The first kappa shape index (κ1) is 21.4.